The van der Waals surface area contributed by atoms with E-state index in [2.05, 4.69) is 10.5 Å². The summed E-state index contributed by atoms with van der Waals surface area (Å²) in [5.41, 5.74) is -0.0275. The first-order valence-corrected chi connectivity index (χ1v) is 5.90. The Bertz CT molecular complexity index is 848. The van der Waals surface area contributed by atoms with Gasteiger partial charge < -0.3 is 14.3 Å². The molecule has 6 nitrogen and oxygen atoms in total. The van der Waals surface area contributed by atoms with Gasteiger partial charge in [0, 0.05) is 6.07 Å². The van der Waals surface area contributed by atoms with Crippen LogP contribution in [0.4, 0.5) is 5.82 Å². The van der Waals surface area contributed by atoms with Crippen molar-refractivity contribution in [1.82, 2.24) is 5.16 Å². The average molecular weight is 270 g/mol. The highest BCUT2D eigenvalue weighted by Crippen LogP contribution is 2.12. The Morgan fingerprint density at radius 2 is 2.10 bits per heavy atom. The number of benzene rings is 1. The summed E-state index contributed by atoms with van der Waals surface area (Å²) in [5.74, 6) is 0.226. The van der Waals surface area contributed by atoms with E-state index in [0.29, 0.717) is 16.7 Å². The minimum absolute atomic E-state index is 0.0793. The van der Waals surface area contributed by atoms with Crippen molar-refractivity contribution < 1.29 is 13.7 Å². The lowest BCUT2D eigenvalue weighted by Gasteiger charge is -2.01. The number of nitrogens with zero attached hydrogens (tertiary/aromatic N) is 1. The number of rotatable bonds is 2. The molecule has 0 atom stereocenters. The Hall–Kier alpha value is -2.89. The van der Waals surface area contributed by atoms with Gasteiger partial charge in [-0.05, 0) is 19.1 Å². The van der Waals surface area contributed by atoms with Crippen molar-refractivity contribution >= 4 is 22.7 Å². The number of hydrogen-bond acceptors (Lipinski definition) is 5. The molecule has 1 amide bonds. The molecule has 6 heteroatoms. The van der Waals surface area contributed by atoms with Crippen LogP contribution in [-0.2, 0) is 0 Å². The molecule has 3 rings (SSSR count). The minimum Gasteiger partial charge on any atom is -0.463 e. The molecule has 0 radical (unpaired) electrons. The third-order valence-corrected chi connectivity index (χ3v) is 2.79. The Morgan fingerprint density at radius 1 is 1.30 bits per heavy atom. The van der Waals surface area contributed by atoms with Crippen LogP contribution in [0.3, 0.4) is 0 Å². The van der Waals surface area contributed by atoms with Gasteiger partial charge in [-0.1, -0.05) is 17.3 Å². The SMILES string of the molecule is Cc1cc(NC(=O)c2coc3ccccc3c2=O)no1. The van der Waals surface area contributed by atoms with Crippen LogP contribution in [0.2, 0.25) is 0 Å². The third kappa shape index (κ3) is 2.07. The number of nitrogens with one attached hydrogen (secondary N) is 1. The summed E-state index contributed by atoms with van der Waals surface area (Å²) in [4.78, 5) is 24.2. The highest BCUT2D eigenvalue weighted by molar-refractivity contribution is 6.04. The summed E-state index contributed by atoms with van der Waals surface area (Å²) in [6.07, 6.45) is 1.15. The standard InChI is InChI=1S/C14H10N2O4/c1-8-6-12(16-20-8)15-14(18)10-7-19-11-5-3-2-4-9(11)13(10)17/h2-7H,1H3,(H,15,16,18). The number of aromatic nitrogens is 1. The number of hydrogen-bond donors (Lipinski definition) is 1. The molecule has 3 aromatic rings. The van der Waals surface area contributed by atoms with Crippen molar-refractivity contribution in [3.05, 3.63) is 58.1 Å². The highest BCUT2D eigenvalue weighted by Gasteiger charge is 2.15. The summed E-state index contributed by atoms with van der Waals surface area (Å²) in [6.45, 7) is 1.70. The van der Waals surface area contributed by atoms with E-state index in [9.17, 15) is 9.59 Å². The quantitative estimate of drug-likeness (QED) is 0.772. The fourth-order valence-corrected chi connectivity index (χ4v) is 1.84. The first-order valence-electron chi connectivity index (χ1n) is 5.90. The molecule has 2 aromatic heterocycles. The first kappa shape index (κ1) is 12.2. The van der Waals surface area contributed by atoms with E-state index in [-0.39, 0.29) is 16.8 Å². The van der Waals surface area contributed by atoms with Gasteiger partial charge in [0.1, 0.15) is 23.2 Å². The summed E-state index contributed by atoms with van der Waals surface area (Å²) in [7, 11) is 0. The van der Waals surface area contributed by atoms with Crippen LogP contribution >= 0.6 is 0 Å². The molecule has 0 aliphatic rings. The second-order valence-electron chi connectivity index (χ2n) is 4.25. The zero-order chi connectivity index (χ0) is 14.1. The highest BCUT2D eigenvalue weighted by atomic mass is 16.5. The predicted molar refractivity (Wildman–Crippen MR) is 71.7 cm³/mol. The molecule has 20 heavy (non-hydrogen) atoms. The van der Waals surface area contributed by atoms with E-state index in [1.54, 1.807) is 37.3 Å². The Kier molecular flexibility index (Phi) is 2.83. The maximum atomic E-state index is 12.2. The smallest absolute Gasteiger partial charge is 0.264 e. The number of para-hydroxylation sites is 1. The van der Waals surface area contributed by atoms with Gasteiger partial charge in [-0.15, -0.1) is 0 Å². The molecule has 100 valence electrons. The number of aryl methyl sites for hydroxylation is 1. The van der Waals surface area contributed by atoms with Gasteiger partial charge in [-0.3, -0.25) is 9.59 Å². The van der Waals surface area contributed by atoms with Crippen LogP contribution in [-0.4, -0.2) is 11.1 Å². The van der Waals surface area contributed by atoms with Gasteiger partial charge in [-0.2, -0.15) is 0 Å². The molecular formula is C14H10N2O4. The van der Waals surface area contributed by atoms with Gasteiger partial charge in [0.05, 0.1) is 5.39 Å². The van der Waals surface area contributed by atoms with E-state index in [1.807, 2.05) is 0 Å². The van der Waals surface area contributed by atoms with E-state index >= 15 is 0 Å². The predicted octanol–water partition coefficient (Wildman–Crippen LogP) is 2.34. The lowest BCUT2D eigenvalue weighted by molar-refractivity contribution is 0.102. The molecule has 0 saturated heterocycles. The fourth-order valence-electron chi connectivity index (χ4n) is 1.84. The minimum atomic E-state index is -0.585. The van der Waals surface area contributed by atoms with Crippen LogP contribution in [0.5, 0.6) is 0 Å². The second-order valence-corrected chi connectivity index (χ2v) is 4.25. The Balaban J connectivity index is 1.99. The molecule has 0 bridgehead atoms. The van der Waals surface area contributed by atoms with Crippen molar-refractivity contribution in [1.29, 1.82) is 0 Å². The van der Waals surface area contributed by atoms with Crippen LogP contribution in [0.25, 0.3) is 11.0 Å². The number of carbonyl (C=O) groups excluding carboxylic acids is 1. The van der Waals surface area contributed by atoms with Gasteiger partial charge in [0.15, 0.2) is 5.82 Å². The average Bonchev–Trinajstić information content (AvgIpc) is 2.84. The molecule has 1 N–H and O–H groups in total. The summed E-state index contributed by atoms with van der Waals surface area (Å²) < 4.78 is 10.1. The van der Waals surface area contributed by atoms with E-state index in [0.717, 1.165) is 6.26 Å². The normalized spacial score (nSPS) is 10.7. The zero-order valence-electron chi connectivity index (χ0n) is 10.5. The van der Waals surface area contributed by atoms with Crippen LogP contribution in [0.1, 0.15) is 16.1 Å². The largest absolute Gasteiger partial charge is 0.463 e. The number of amides is 1. The first-order chi connectivity index (χ1) is 9.65. The van der Waals surface area contributed by atoms with E-state index < -0.39 is 5.91 Å². The second kappa shape index (κ2) is 4.65. The molecule has 0 saturated carbocycles. The lowest BCUT2D eigenvalue weighted by Crippen LogP contribution is -2.21. The molecule has 1 aromatic carbocycles. The molecule has 0 unspecified atom stereocenters. The topological polar surface area (TPSA) is 85.3 Å². The van der Waals surface area contributed by atoms with Crippen LogP contribution in [0.15, 0.2) is 50.3 Å². The van der Waals surface area contributed by atoms with Crippen LogP contribution in [0, 0.1) is 6.92 Å². The lowest BCUT2D eigenvalue weighted by atomic mass is 10.1. The van der Waals surface area contributed by atoms with Crippen molar-refractivity contribution in [2.24, 2.45) is 0 Å². The van der Waals surface area contributed by atoms with E-state index in [4.69, 9.17) is 8.94 Å². The molecule has 0 fully saturated rings. The summed E-state index contributed by atoms with van der Waals surface area (Å²) in [5, 5.41) is 6.47. The van der Waals surface area contributed by atoms with Crippen molar-refractivity contribution in [2.45, 2.75) is 6.92 Å². The Labute approximate surface area is 113 Å². The van der Waals surface area contributed by atoms with Gasteiger partial charge in [0.2, 0.25) is 5.43 Å². The number of carbonyl (C=O) groups is 1. The molecule has 0 aliphatic heterocycles. The fraction of sp³-hybridized carbons (Fsp3) is 0.0714. The van der Waals surface area contributed by atoms with Crippen molar-refractivity contribution in [2.75, 3.05) is 5.32 Å². The monoisotopic (exact) mass is 270 g/mol. The van der Waals surface area contributed by atoms with Gasteiger partial charge in [-0.25, -0.2) is 0 Å². The Morgan fingerprint density at radius 3 is 2.85 bits per heavy atom. The zero-order valence-corrected chi connectivity index (χ0v) is 10.5. The van der Waals surface area contributed by atoms with Crippen LogP contribution < -0.4 is 10.7 Å². The number of fused-ring (bicyclic) bond motifs is 1. The number of anilines is 1. The van der Waals surface area contributed by atoms with Crippen molar-refractivity contribution in [3.8, 4) is 0 Å². The summed E-state index contributed by atoms with van der Waals surface area (Å²) in [6, 6.07) is 8.29. The third-order valence-electron chi connectivity index (χ3n) is 2.79. The maximum Gasteiger partial charge on any atom is 0.264 e. The van der Waals surface area contributed by atoms with Crippen molar-refractivity contribution in [3.63, 3.8) is 0 Å². The molecule has 2 heterocycles. The molecule has 0 spiro atoms. The molecular weight excluding hydrogens is 260 g/mol. The molecule has 0 aliphatic carbocycles. The van der Waals surface area contributed by atoms with Gasteiger partial charge >= 0.3 is 0 Å². The summed E-state index contributed by atoms with van der Waals surface area (Å²) >= 11 is 0. The van der Waals surface area contributed by atoms with E-state index in [1.165, 1.54) is 0 Å². The van der Waals surface area contributed by atoms with Gasteiger partial charge in [0.25, 0.3) is 5.91 Å². The maximum absolute atomic E-state index is 12.2.